The van der Waals surface area contributed by atoms with E-state index in [-0.39, 0.29) is 42.7 Å². The summed E-state index contributed by atoms with van der Waals surface area (Å²) in [6.07, 6.45) is 4.23. The molecule has 258 valence electrons. The van der Waals surface area contributed by atoms with E-state index in [2.05, 4.69) is 47.4 Å². The number of nitrogens with one attached hydrogen (secondary N) is 1. The number of aromatic nitrogens is 2. The van der Waals surface area contributed by atoms with Gasteiger partial charge < -0.3 is 33.9 Å². The Labute approximate surface area is 286 Å². The molecule has 0 radical (unpaired) electrons. The lowest BCUT2D eigenvalue weighted by molar-refractivity contribution is -0.172. The Morgan fingerprint density at radius 2 is 1.69 bits per heavy atom. The highest BCUT2D eigenvalue weighted by Crippen LogP contribution is 2.46. The number of carbonyl (C=O) groups excluding carboxylic acids is 1. The predicted molar refractivity (Wildman–Crippen MR) is 186 cm³/mol. The number of benzene rings is 3. The van der Waals surface area contributed by atoms with Gasteiger partial charge in [-0.2, -0.15) is 0 Å². The van der Waals surface area contributed by atoms with Gasteiger partial charge in [-0.15, -0.1) is 0 Å². The summed E-state index contributed by atoms with van der Waals surface area (Å²) < 4.78 is 25.8. The SMILES string of the molecule is CCO[C@@H]1OC(C(=O)N2CCC(n3c(=O)[nH]c4ccccc43)CC2)=C[C@H](c2cccc3c2Cc2ccccc2-3)[C@H]1CCOCCOCCO. The first kappa shape index (κ1) is 33.3. The van der Waals surface area contributed by atoms with Crippen LogP contribution in [-0.2, 0) is 30.2 Å². The number of carbonyl (C=O) groups is 1. The van der Waals surface area contributed by atoms with Crippen molar-refractivity contribution >= 4 is 16.9 Å². The number of piperidine rings is 1. The molecule has 0 unspecified atom stereocenters. The summed E-state index contributed by atoms with van der Waals surface area (Å²) in [6.45, 7) is 5.01. The molecule has 0 spiro atoms. The average Bonchev–Trinajstić information content (AvgIpc) is 3.68. The summed E-state index contributed by atoms with van der Waals surface area (Å²) in [6, 6.07) is 22.8. The number of nitrogens with zero attached hydrogens (tertiary/aromatic N) is 2. The molecule has 10 heteroatoms. The number of likely N-dealkylation sites (tertiary alicyclic amines) is 1. The molecule has 1 aromatic heterocycles. The third-order valence-corrected chi connectivity index (χ3v) is 10.1. The van der Waals surface area contributed by atoms with Crippen molar-refractivity contribution in [2.24, 2.45) is 5.92 Å². The van der Waals surface area contributed by atoms with Crippen LogP contribution in [0.4, 0.5) is 0 Å². The number of H-pyrrole nitrogens is 1. The van der Waals surface area contributed by atoms with Crippen molar-refractivity contribution in [1.29, 1.82) is 0 Å². The van der Waals surface area contributed by atoms with Crippen LogP contribution in [-0.4, -0.2) is 84.5 Å². The molecular weight excluding hydrogens is 622 g/mol. The van der Waals surface area contributed by atoms with Crippen LogP contribution in [0.2, 0.25) is 0 Å². The first-order valence-corrected chi connectivity index (χ1v) is 17.5. The van der Waals surface area contributed by atoms with Gasteiger partial charge in [-0.05, 0) is 78.6 Å². The number of rotatable bonds is 13. The molecule has 1 fully saturated rings. The number of hydrogen-bond acceptors (Lipinski definition) is 7. The van der Waals surface area contributed by atoms with Crippen molar-refractivity contribution < 1.29 is 28.8 Å². The Morgan fingerprint density at radius 1 is 0.939 bits per heavy atom. The topological polar surface area (TPSA) is 115 Å². The number of aromatic amines is 1. The Hall–Kier alpha value is -4.22. The van der Waals surface area contributed by atoms with Gasteiger partial charge in [-0.3, -0.25) is 9.36 Å². The zero-order chi connectivity index (χ0) is 33.7. The van der Waals surface area contributed by atoms with Crippen molar-refractivity contribution in [3.8, 4) is 11.1 Å². The Morgan fingerprint density at radius 3 is 2.51 bits per heavy atom. The van der Waals surface area contributed by atoms with E-state index in [0.717, 1.165) is 17.5 Å². The minimum Gasteiger partial charge on any atom is -0.459 e. The normalized spacial score (nSPS) is 20.6. The van der Waals surface area contributed by atoms with Crippen LogP contribution in [0, 0.1) is 5.92 Å². The van der Waals surface area contributed by atoms with Gasteiger partial charge in [-0.1, -0.05) is 54.6 Å². The average molecular weight is 668 g/mol. The summed E-state index contributed by atoms with van der Waals surface area (Å²) >= 11 is 0. The van der Waals surface area contributed by atoms with Crippen LogP contribution in [0.5, 0.6) is 0 Å². The van der Waals surface area contributed by atoms with Crippen LogP contribution in [0.1, 0.15) is 54.8 Å². The van der Waals surface area contributed by atoms with Crippen LogP contribution < -0.4 is 5.69 Å². The van der Waals surface area contributed by atoms with Gasteiger partial charge in [0.05, 0.1) is 37.5 Å². The molecule has 7 rings (SSSR count). The van der Waals surface area contributed by atoms with Gasteiger partial charge in [0.2, 0.25) is 6.29 Å². The lowest BCUT2D eigenvalue weighted by Gasteiger charge is -2.39. The Balaban J connectivity index is 1.14. The standard InChI is InChI=1S/C39H45N3O7/c1-2-48-38-31(16-20-46-22-23-47-21-19-43)33(30-11-7-10-29-28-9-4-3-8-26(28)24-32(29)30)25-36(49-38)37(44)41-17-14-27(15-18-41)42-35-13-6-5-12-34(35)40-39(42)45/h3-13,25,27,31,33,38,43H,2,14-24H2,1H3,(H,40,45)/t31-,33-,38-/m1/s1. The highest BCUT2D eigenvalue weighted by molar-refractivity contribution is 5.92. The maximum atomic E-state index is 14.2. The van der Waals surface area contributed by atoms with E-state index in [9.17, 15) is 9.59 Å². The monoisotopic (exact) mass is 667 g/mol. The molecule has 3 aliphatic rings. The molecule has 1 aliphatic carbocycles. The lowest BCUT2D eigenvalue weighted by atomic mass is 9.78. The molecule has 2 aliphatic heterocycles. The van der Waals surface area contributed by atoms with Crippen LogP contribution in [0.3, 0.4) is 0 Å². The number of para-hydroxylation sites is 2. The number of allylic oxidation sites excluding steroid dienone is 1. The molecule has 3 heterocycles. The number of fused-ring (bicyclic) bond motifs is 4. The second-order valence-electron chi connectivity index (χ2n) is 12.9. The summed E-state index contributed by atoms with van der Waals surface area (Å²) in [5.41, 5.74) is 7.86. The molecule has 10 nitrogen and oxygen atoms in total. The maximum Gasteiger partial charge on any atom is 0.326 e. The van der Waals surface area contributed by atoms with E-state index in [0.29, 0.717) is 64.5 Å². The number of imidazole rings is 1. The fourth-order valence-corrected chi connectivity index (χ4v) is 7.81. The predicted octanol–water partition coefficient (Wildman–Crippen LogP) is 5.16. The zero-order valence-electron chi connectivity index (χ0n) is 28.0. The van der Waals surface area contributed by atoms with E-state index in [4.69, 9.17) is 24.1 Å². The van der Waals surface area contributed by atoms with Crippen LogP contribution in [0.15, 0.2) is 83.4 Å². The van der Waals surface area contributed by atoms with Gasteiger partial charge in [0.25, 0.3) is 5.91 Å². The van der Waals surface area contributed by atoms with Gasteiger partial charge in [0, 0.05) is 44.2 Å². The maximum absolute atomic E-state index is 14.2. The highest BCUT2D eigenvalue weighted by atomic mass is 16.7. The van der Waals surface area contributed by atoms with Crippen LogP contribution in [0.25, 0.3) is 22.2 Å². The summed E-state index contributed by atoms with van der Waals surface area (Å²) in [7, 11) is 0. The van der Waals surface area contributed by atoms with Crippen molar-refractivity contribution in [3.05, 3.63) is 106 Å². The van der Waals surface area contributed by atoms with Crippen molar-refractivity contribution in [2.45, 2.75) is 50.9 Å². The quantitative estimate of drug-likeness (QED) is 0.167. The van der Waals surface area contributed by atoms with E-state index >= 15 is 0 Å². The molecule has 3 atom stereocenters. The van der Waals surface area contributed by atoms with Crippen LogP contribution >= 0.6 is 0 Å². The molecule has 0 saturated carbocycles. The summed E-state index contributed by atoms with van der Waals surface area (Å²) in [4.78, 5) is 31.9. The lowest BCUT2D eigenvalue weighted by Crippen LogP contribution is -2.44. The number of amides is 1. The fourth-order valence-electron chi connectivity index (χ4n) is 7.81. The minimum atomic E-state index is -0.629. The van der Waals surface area contributed by atoms with E-state index < -0.39 is 6.29 Å². The second kappa shape index (κ2) is 15.1. The van der Waals surface area contributed by atoms with Crippen molar-refractivity contribution in [3.63, 3.8) is 0 Å². The molecular formula is C39H45N3O7. The number of ether oxygens (including phenoxy) is 4. The van der Waals surface area contributed by atoms with Gasteiger partial charge in [0.1, 0.15) is 0 Å². The summed E-state index contributed by atoms with van der Waals surface area (Å²) in [5, 5.41) is 8.98. The molecule has 1 saturated heterocycles. The molecule has 3 aromatic carbocycles. The van der Waals surface area contributed by atoms with Crippen molar-refractivity contribution in [1.82, 2.24) is 14.5 Å². The van der Waals surface area contributed by atoms with Gasteiger partial charge >= 0.3 is 5.69 Å². The van der Waals surface area contributed by atoms with E-state index in [1.165, 1.54) is 27.8 Å². The zero-order valence-corrected chi connectivity index (χ0v) is 28.0. The smallest absolute Gasteiger partial charge is 0.326 e. The number of aliphatic hydroxyl groups excluding tert-OH is 1. The summed E-state index contributed by atoms with van der Waals surface area (Å²) in [5.74, 6) is -0.0606. The first-order valence-electron chi connectivity index (χ1n) is 17.5. The number of hydrogen-bond donors (Lipinski definition) is 2. The largest absolute Gasteiger partial charge is 0.459 e. The minimum absolute atomic E-state index is 0.00448. The van der Waals surface area contributed by atoms with Gasteiger partial charge in [0.15, 0.2) is 5.76 Å². The number of aliphatic hydroxyl groups is 1. The Bertz CT molecular complexity index is 1850. The molecule has 1 amide bonds. The molecule has 4 aromatic rings. The molecule has 2 N–H and O–H groups in total. The third-order valence-electron chi connectivity index (χ3n) is 10.1. The fraction of sp³-hybridized carbons (Fsp3) is 0.436. The van der Waals surface area contributed by atoms with Gasteiger partial charge in [-0.25, -0.2) is 4.79 Å². The Kier molecular flexibility index (Phi) is 10.3. The third kappa shape index (κ3) is 6.83. The van der Waals surface area contributed by atoms with E-state index in [1.807, 2.05) is 46.7 Å². The molecule has 0 bridgehead atoms. The van der Waals surface area contributed by atoms with Crippen molar-refractivity contribution in [2.75, 3.05) is 52.7 Å². The molecule has 49 heavy (non-hydrogen) atoms. The first-order chi connectivity index (χ1) is 24.1. The van der Waals surface area contributed by atoms with E-state index in [1.54, 1.807) is 0 Å². The second-order valence-corrected chi connectivity index (χ2v) is 12.9. The highest BCUT2D eigenvalue weighted by Gasteiger charge is 2.41.